The van der Waals surface area contributed by atoms with Crippen molar-refractivity contribution < 1.29 is 34.0 Å². The molecule has 3 N–H and O–H groups in total. The Morgan fingerprint density at radius 2 is 1.67 bits per heavy atom. The Bertz CT molecular complexity index is 805. The SMILES string of the molecule is CO[C@H](CCO)[C@H](OC(=O)Nc1ccc(C(C)=O)cc1)c1ccc(OCCO)cc1. The summed E-state index contributed by atoms with van der Waals surface area (Å²) in [4.78, 5) is 23.8. The van der Waals surface area contributed by atoms with Gasteiger partial charge in [-0.3, -0.25) is 10.1 Å². The third-order valence-electron chi connectivity index (χ3n) is 4.39. The minimum absolute atomic E-state index is 0.0671. The van der Waals surface area contributed by atoms with Crippen molar-refractivity contribution in [3.63, 3.8) is 0 Å². The monoisotopic (exact) mass is 417 g/mol. The number of hydrogen-bond acceptors (Lipinski definition) is 7. The van der Waals surface area contributed by atoms with E-state index in [0.717, 1.165) is 0 Å². The number of anilines is 1. The first kappa shape index (κ1) is 23.3. The molecule has 2 atom stereocenters. The number of ether oxygens (including phenoxy) is 3. The highest BCUT2D eigenvalue weighted by Crippen LogP contribution is 2.28. The van der Waals surface area contributed by atoms with Gasteiger partial charge in [0.2, 0.25) is 0 Å². The molecule has 2 aromatic rings. The zero-order valence-corrected chi connectivity index (χ0v) is 17.0. The van der Waals surface area contributed by atoms with Gasteiger partial charge in [0, 0.05) is 31.4 Å². The van der Waals surface area contributed by atoms with Crippen molar-refractivity contribution >= 4 is 17.6 Å². The lowest BCUT2D eigenvalue weighted by molar-refractivity contribution is -0.0306. The van der Waals surface area contributed by atoms with Crippen LogP contribution in [-0.4, -0.2) is 55.1 Å². The molecular formula is C22H27NO7. The van der Waals surface area contributed by atoms with Crippen molar-refractivity contribution in [1.82, 2.24) is 0 Å². The lowest BCUT2D eigenvalue weighted by Crippen LogP contribution is -2.28. The minimum Gasteiger partial charge on any atom is -0.491 e. The molecule has 8 heteroatoms. The van der Waals surface area contributed by atoms with Crippen LogP contribution in [0.15, 0.2) is 48.5 Å². The van der Waals surface area contributed by atoms with E-state index in [0.29, 0.717) is 22.6 Å². The average molecular weight is 417 g/mol. The van der Waals surface area contributed by atoms with Gasteiger partial charge in [-0.1, -0.05) is 12.1 Å². The topological polar surface area (TPSA) is 114 Å². The van der Waals surface area contributed by atoms with Crippen molar-refractivity contribution in [2.24, 2.45) is 0 Å². The van der Waals surface area contributed by atoms with Crippen LogP contribution in [0.1, 0.15) is 35.4 Å². The lowest BCUT2D eigenvalue weighted by atomic mass is 10.0. The summed E-state index contributed by atoms with van der Waals surface area (Å²) >= 11 is 0. The first-order valence-electron chi connectivity index (χ1n) is 9.54. The summed E-state index contributed by atoms with van der Waals surface area (Å²) < 4.78 is 16.4. The summed E-state index contributed by atoms with van der Waals surface area (Å²) in [5.74, 6) is 0.500. The van der Waals surface area contributed by atoms with Crippen LogP contribution in [0.2, 0.25) is 0 Å². The van der Waals surface area contributed by atoms with Gasteiger partial charge in [-0.15, -0.1) is 0 Å². The molecular weight excluding hydrogens is 390 g/mol. The molecule has 0 unspecified atom stereocenters. The Kier molecular flexibility index (Phi) is 9.27. The second-order valence-corrected chi connectivity index (χ2v) is 6.51. The normalized spacial score (nSPS) is 12.7. The van der Waals surface area contributed by atoms with Crippen molar-refractivity contribution in [3.05, 3.63) is 59.7 Å². The van der Waals surface area contributed by atoms with Gasteiger partial charge >= 0.3 is 6.09 Å². The number of amides is 1. The highest BCUT2D eigenvalue weighted by molar-refractivity contribution is 5.95. The van der Waals surface area contributed by atoms with Gasteiger partial charge in [0.25, 0.3) is 0 Å². The highest BCUT2D eigenvalue weighted by atomic mass is 16.6. The molecule has 0 spiro atoms. The first-order chi connectivity index (χ1) is 14.5. The smallest absolute Gasteiger partial charge is 0.412 e. The van der Waals surface area contributed by atoms with E-state index in [1.165, 1.54) is 14.0 Å². The zero-order valence-electron chi connectivity index (χ0n) is 17.0. The van der Waals surface area contributed by atoms with Crippen molar-refractivity contribution in [3.8, 4) is 5.75 Å². The van der Waals surface area contributed by atoms with E-state index in [4.69, 9.17) is 19.3 Å². The summed E-state index contributed by atoms with van der Waals surface area (Å²) in [7, 11) is 1.48. The number of Topliss-reactive ketones (excluding diaryl/α,β-unsaturated/α-hetero) is 1. The molecule has 162 valence electrons. The zero-order chi connectivity index (χ0) is 21.9. The number of ketones is 1. The van der Waals surface area contributed by atoms with Gasteiger partial charge in [0.15, 0.2) is 11.9 Å². The fourth-order valence-electron chi connectivity index (χ4n) is 2.85. The summed E-state index contributed by atoms with van der Waals surface area (Å²) in [5, 5.41) is 20.8. The van der Waals surface area contributed by atoms with Gasteiger partial charge in [0.05, 0.1) is 6.61 Å². The molecule has 8 nitrogen and oxygen atoms in total. The molecule has 0 fully saturated rings. The standard InChI is InChI=1S/C22H27NO7/c1-15(26)16-3-7-18(8-4-16)23-22(27)30-21(20(28-2)11-12-24)17-5-9-19(10-6-17)29-14-13-25/h3-10,20-21,24-25H,11-14H2,1-2H3,(H,23,27)/t20-,21-/m1/s1. The minimum atomic E-state index is -0.773. The van der Waals surface area contributed by atoms with Crippen molar-refractivity contribution in [2.75, 3.05) is 32.2 Å². The Hall–Kier alpha value is -2.94. The van der Waals surface area contributed by atoms with E-state index >= 15 is 0 Å². The van der Waals surface area contributed by atoms with Crippen LogP contribution in [0.5, 0.6) is 5.75 Å². The molecule has 2 aromatic carbocycles. The molecule has 0 saturated heterocycles. The average Bonchev–Trinajstić information content (AvgIpc) is 2.75. The lowest BCUT2D eigenvalue weighted by Gasteiger charge is -2.26. The molecule has 0 radical (unpaired) electrons. The fraction of sp³-hybridized carbons (Fsp3) is 0.364. The van der Waals surface area contributed by atoms with Crippen LogP contribution in [0, 0.1) is 0 Å². The summed E-state index contributed by atoms with van der Waals surface area (Å²) in [5.41, 5.74) is 1.68. The van der Waals surface area contributed by atoms with Crippen molar-refractivity contribution in [2.45, 2.75) is 25.6 Å². The van der Waals surface area contributed by atoms with E-state index in [9.17, 15) is 14.7 Å². The van der Waals surface area contributed by atoms with Crippen LogP contribution in [0.4, 0.5) is 10.5 Å². The number of aliphatic hydroxyl groups is 2. The number of hydrogen-bond donors (Lipinski definition) is 3. The number of benzene rings is 2. The number of aliphatic hydroxyl groups excluding tert-OH is 2. The van der Waals surface area contributed by atoms with E-state index < -0.39 is 18.3 Å². The van der Waals surface area contributed by atoms with Crippen LogP contribution >= 0.6 is 0 Å². The summed E-state index contributed by atoms with van der Waals surface area (Å²) in [6, 6.07) is 13.3. The highest BCUT2D eigenvalue weighted by Gasteiger charge is 2.27. The third-order valence-corrected chi connectivity index (χ3v) is 4.39. The van der Waals surface area contributed by atoms with E-state index in [1.807, 2.05) is 0 Å². The predicted octanol–water partition coefficient (Wildman–Crippen LogP) is 2.95. The molecule has 0 aliphatic rings. The molecule has 0 aliphatic heterocycles. The van der Waals surface area contributed by atoms with E-state index in [-0.39, 0.29) is 32.0 Å². The summed E-state index contributed by atoms with van der Waals surface area (Å²) in [6.07, 6.45) is -1.77. The van der Waals surface area contributed by atoms with Gasteiger partial charge in [-0.2, -0.15) is 0 Å². The molecule has 0 aliphatic carbocycles. The van der Waals surface area contributed by atoms with Crippen LogP contribution in [0.25, 0.3) is 0 Å². The number of methoxy groups -OCH3 is 1. The van der Waals surface area contributed by atoms with Crippen LogP contribution in [-0.2, 0) is 9.47 Å². The molecule has 0 aromatic heterocycles. The molecule has 1 amide bonds. The maximum absolute atomic E-state index is 12.5. The third kappa shape index (κ3) is 6.84. The second kappa shape index (κ2) is 11.9. The van der Waals surface area contributed by atoms with Gasteiger partial charge in [0.1, 0.15) is 18.5 Å². The Labute approximate surface area is 175 Å². The molecule has 0 bridgehead atoms. The molecule has 0 heterocycles. The van der Waals surface area contributed by atoms with Gasteiger partial charge in [-0.05, 0) is 48.9 Å². The van der Waals surface area contributed by atoms with Crippen LogP contribution in [0.3, 0.4) is 0 Å². The Morgan fingerprint density at radius 1 is 1.00 bits per heavy atom. The predicted molar refractivity (Wildman–Crippen MR) is 111 cm³/mol. The largest absolute Gasteiger partial charge is 0.491 e. The first-order valence-corrected chi connectivity index (χ1v) is 9.54. The van der Waals surface area contributed by atoms with E-state index in [2.05, 4.69) is 5.32 Å². The number of nitrogens with one attached hydrogen (secondary N) is 1. The molecule has 0 saturated carbocycles. The number of carbonyl (C=O) groups excluding carboxylic acids is 2. The van der Waals surface area contributed by atoms with Gasteiger partial charge in [-0.25, -0.2) is 4.79 Å². The molecule has 30 heavy (non-hydrogen) atoms. The Morgan fingerprint density at radius 3 is 2.20 bits per heavy atom. The van der Waals surface area contributed by atoms with E-state index in [1.54, 1.807) is 48.5 Å². The summed E-state index contributed by atoms with van der Waals surface area (Å²) in [6.45, 7) is 1.41. The fourth-order valence-corrected chi connectivity index (χ4v) is 2.85. The van der Waals surface area contributed by atoms with Gasteiger partial charge < -0.3 is 24.4 Å². The maximum Gasteiger partial charge on any atom is 0.412 e. The van der Waals surface area contributed by atoms with Crippen molar-refractivity contribution in [1.29, 1.82) is 0 Å². The van der Waals surface area contributed by atoms with Crippen LogP contribution < -0.4 is 10.1 Å². The second-order valence-electron chi connectivity index (χ2n) is 6.51. The number of rotatable bonds is 11. The maximum atomic E-state index is 12.5. The number of carbonyl (C=O) groups is 2. The Balaban J connectivity index is 2.14. The molecule has 2 rings (SSSR count). The quantitative estimate of drug-likeness (QED) is 0.482.